The predicted octanol–water partition coefficient (Wildman–Crippen LogP) is 4.97. The van der Waals surface area contributed by atoms with Gasteiger partial charge in [0.05, 0.1) is 0 Å². The fourth-order valence-corrected chi connectivity index (χ4v) is 2.06. The molecule has 18 heavy (non-hydrogen) atoms. The predicted molar refractivity (Wildman–Crippen MR) is 81.0 cm³/mol. The molecule has 0 aromatic rings. The van der Waals surface area contributed by atoms with Crippen molar-refractivity contribution in [3.05, 3.63) is 17.4 Å². The summed E-state index contributed by atoms with van der Waals surface area (Å²) in [5.41, 5.74) is 4.79. The lowest BCUT2D eigenvalue weighted by Crippen LogP contribution is -2.00. The van der Waals surface area contributed by atoms with Crippen LogP contribution in [-0.2, 0) is 0 Å². The maximum atomic E-state index is 5.45. The molecule has 0 N–H and O–H groups in total. The van der Waals surface area contributed by atoms with Crippen LogP contribution in [0.25, 0.3) is 0 Å². The molecular weight excluding hydrogens is 216 g/mol. The molecule has 0 rings (SSSR count). The Balaban J connectivity index is 4.50. The highest BCUT2D eigenvalue weighted by atomic mass is 14.1. The molecule has 2 atom stereocenters. The Kier molecular flexibility index (Phi) is 9.96. The third kappa shape index (κ3) is 6.39. The Bertz CT molecular complexity index is 352. The van der Waals surface area contributed by atoms with E-state index >= 15 is 0 Å². The van der Waals surface area contributed by atoms with Crippen molar-refractivity contribution >= 4 is 0 Å². The normalized spacial score (nSPS) is 12.7. The van der Waals surface area contributed by atoms with E-state index in [1.807, 2.05) is 0 Å². The molecular formula is C18H26. The van der Waals surface area contributed by atoms with E-state index in [-0.39, 0.29) is 0 Å². The van der Waals surface area contributed by atoms with Crippen molar-refractivity contribution < 1.29 is 0 Å². The van der Waals surface area contributed by atoms with Gasteiger partial charge in [-0.25, -0.2) is 0 Å². The van der Waals surface area contributed by atoms with E-state index in [0.717, 1.165) is 38.5 Å². The lowest BCUT2D eigenvalue weighted by Gasteiger charge is -2.12. The molecule has 0 aliphatic carbocycles. The van der Waals surface area contributed by atoms with Crippen LogP contribution in [0.5, 0.6) is 0 Å². The zero-order valence-electron chi connectivity index (χ0n) is 12.1. The average molecular weight is 242 g/mol. The summed E-state index contributed by atoms with van der Waals surface area (Å²) in [5.74, 6) is 6.48. The molecule has 0 saturated carbocycles. The van der Waals surface area contributed by atoms with Gasteiger partial charge >= 0.3 is 0 Å². The van der Waals surface area contributed by atoms with Gasteiger partial charge in [0.2, 0.25) is 0 Å². The van der Waals surface area contributed by atoms with Crippen molar-refractivity contribution in [3.63, 3.8) is 0 Å². The minimum Gasteiger partial charge on any atom is -0.126 e. The third-order valence-electron chi connectivity index (χ3n) is 3.41. The first kappa shape index (κ1) is 16.6. The summed E-state index contributed by atoms with van der Waals surface area (Å²) in [6, 6.07) is 0. The minimum absolute atomic E-state index is 0.404. The first-order chi connectivity index (χ1) is 8.73. The number of allylic oxidation sites excluding steroid dienone is 1. The van der Waals surface area contributed by atoms with Crippen molar-refractivity contribution in [2.45, 2.75) is 59.3 Å². The van der Waals surface area contributed by atoms with E-state index in [4.69, 9.17) is 12.8 Å². The third-order valence-corrected chi connectivity index (χ3v) is 3.41. The van der Waals surface area contributed by atoms with Crippen LogP contribution in [0.15, 0.2) is 17.4 Å². The summed E-state index contributed by atoms with van der Waals surface area (Å²) in [4.78, 5) is 0. The van der Waals surface area contributed by atoms with Gasteiger partial charge in [0.15, 0.2) is 0 Å². The Labute approximate surface area is 114 Å². The van der Waals surface area contributed by atoms with E-state index in [1.165, 1.54) is 5.57 Å². The summed E-state index contributed by atoms with van der Waals surface area (Å²) in [6.45, 7) is 6.50. The standard InChI is InChI=1S/C18H26/c1-6-13-17(9-4)18(10-5)15-12-11-14-16(7-2)8-3/h1-2,12,16-17H,8-11,13-14H2,3-5H3. The zero-order chi connectivity index (χ0) is 13.8. The van der Waals surface area contributed by atoms with E-state index in [2.05, 4.69) is 44.4 Å². The van der Waals surface area contributed by atoms with Crippen LogP contribution < -0.4 is 0 Å². The highest BCUT2D eigenvalue weighted by molar-refractivity contribution is 5.09. The summed E-state index contributed by atoms with van der Waals surface area (Å²) in [5, 5.41) is 0. The summed E-state index contributed by atoms with van der Waals surface area (Å²) in [6.07, 6.45) is 19.1. The molecule has 0 aromatic carbocycles. The van der Waals surface area contributed by atoms with Crippen LogP contribution in [-0.4, -0.2) is 0 Å². The highest BCUT2D eigenvalue weighted by Gasteiger charge is 2.08. The number of terminal acetylenes is 2. The molecule has 0 heterocycles. The maximum absolute atomic E-state index is 5.45. The molecule has 0 aromatic heterocycles. The Morgan fingerprint density at radius 3 is 2.33 bits per heavy atom. The first-order valence-electron chi connectivity index (χ1n) is 7.06. The second-order valence-corrected chi connectivity index (χ2v) is 4.59. The first-order valence-corrected chi connectivity index (χ1v) is 7.06. The van der Waals surface area contributed by atoms with Crippen LogP contribution >= 0.6 is 0 Å². The smallest absolute Gasteiger partial charge is 0.0200 e. The van der Waals surface area contributed by atoms with Gasteiger partial charge in [-0.3, -0.25) is 0 Å². The zero-order valence-corrected chi connectivity index (χ0v) is 12.1. The highest BCUT2D eigenvalue weighted by Crippen LogP contribution is 2.20. The molecule has 0 amide bonds. The Hall–Kier alpha value is -1.36. The quantitative estimate of drug-likeness (QED) is 0.416. The van der Waals surface area contributed by atoms with Crippen LogP contribution in [0.4, 0.5) is 0 Å². The maximum Gasteiger partial charge on any atom is 0.0200 e. The molecule has 0 heteroatoms. The topological polar surface area (TPSA) is 0 Å². The van der Waals surface area contributed by atoms with Gasteiger partial charge in [-0.05, 0) is 49.7 Å². The largest absolute Gasteiger partial charge is 0.126 e. The molecule has 98 valence electrons. The molecule has 0 fully saturated rings. The molecule has 2 unspecified atom stereocenters. The van der Waals surface area contributed by atoms with Gasteiger partial charge in [-0.15, -0.1) is 30.4 Å². The monoisotopic (exact) mass is 242 g/mol. The van der Waals surface area contributed by atoms with Crippen molar-refractivity contribution in [3.8, 4) is 24.7 Å². The number of hydrogen-bond donors (Lipinski definition) is 0. The van der Waals surface area contributed by atoms with E-state index in [9.17, 15) is 0 Å². The average Bonchev–Trinajstić information content (AvgIpc) is 2.41. The van der Waals surface area contributed by atoms with E-state index in [0.29, 0.717) is 11.8 Å². The Morgan fingerprint density at radius 2 is 1.89 bits per heavy atom. The second-order valence-electron chi connectivity index (χ2n) is 4.59. The summed E-state index contributed by atoms with van der Waals surface area (Å²) in [7, 11) is 0. The second kappa shape index (κ2) is 10.8. The molecule has 0 aliphatic rings. The SMILES string of the molecule is C#CCC(CC)C(=C=CCCC(C#C)CC)CC. The molecule has 0 aliphatic heterocycles. The van der Waals surface area contributed by atoms with Crippen LogP contribution in [0.1, 0.15) is 59.3 Å². The molecule has 0 radical (unpaired) electrons. The van der Waals surface area contributed by atoms with Gasteiger partial charge in [-0.1, -0.05) is 20.8 Å². The number of hydrogen-bond acceptors (Lipinski definition) is 0. The van der Waals surface area contributed by atoms with Crippen molar-refractivity contribution in [2.75, 3.05) is 0 Å². The van der Waals surface area contributed by atoms with E-state index < -0.39 is 0 Å². The van der Waals surface area contributed by atoms with Crippen molar-refractivity contribution in [2.24, 2.45) is 11.8 Å². The van der Waals surface area contributed by atoms with Gasteiger partial charge in [0.1, 0.15) is 0 Å². The van der Waals surface area contributed by atoms with Gasteiger partial charge in [0, 0.05) is 12.3 Å². The van der Waals surface area contributed by atoms with Crippen molar-refractivity contribution in [1.29, 1.82) is 0 Å². The van der Waals surface area contributed by atoms with Crippen LogP contribution in [0.2, 0.25) is 0 Å². The molecule has 0 spiro atoms. The van der Waals surface area contributed by atoms with Crippen molar-refractivity contribution in [1.82, 2.24) is 0 Å². The molecule has 0 bridgehead atoms. The van der Waals surface area contributed by atoms with Gasteiger partial charge < -0.3 is 0 Å². The molecule has 0 saturated heterocycles. The summed E-state index contributed by atoms with van der Waals surface area (Å²) < 4.78 is 0. The van der Waals surface area contributed by atoms with Crippen LogP contribution in [0, 0.1) is 36.5 Å². The lowest BCUT2D eigenvalue weighted by molar-refractivity contribution is 0.589. The lowest BCUT2D eigenvalue weighted by atomic mass is 9.92. The summed E-state index contributed by atoms with van der Waals surface area (Å²) >= 11 is 0. The van der Waals surface area contributed by atoms with E-state index in [1.54, 1.807) is 0 Å². The Morgan fingerprint density at radius 1 is 1.17 bits per heavy atom. The molecule has 0 nitrogen and oxygen atoms in total. The van der Waals surface area contributed by atoms with Gasteiger partial charge in [0.25, 0.3) is 0 Å². The van der Waals surface area contributed by atoms with Crippen LogP contribution in [0.3, 0.4) is 0 Å². The van der Waals surface area contributed by atoms with Gasteiger partial charge in [-0.2, -0.15) is 0 Å². The minimum atomic E-state index is 0.404. The fourth-order valence-electron chi connectivity index (χ4n) is 2.06. The fraction of sp³-hybridized carbons (Fsp3) is 0.611. The number of rotatable bonds is 8.